The lowest BCUT2D eigenvalue weighted by Crippen LogP contribution is -2.11. The Hall–Kier alpha value is -0.940. The molecule has 80 valence electrons. The van der Waals surface area contributed by atoms with Gasteiger partial charge in [-0.25, -0.2) is 0 Å². The molecular weight excluding hydrogens is 180 g/mol. The molecule has 0 spiro atoms. The molecule has 0 amide bonds. The van der Waals surface area contributed by atoms with Gasteiger partial charge in [-0.1, -0.05) is 12.1 Å². The summed E-state index contributed by atoms with van der Waals surface area (Å²) < 4.78 is 6.81. The second kappa shape index (κ2) is 6.50. The van der Waals surface area contributed by atoms with Crippen LogP contribution in [0.15, 0.2) is 6.20 Å². The third-order valence-electron chi connectivity index (χ3n) is 1.88. The zero-order valence-electron chi connectivity index (χ0n) is 8.86. The Morgan fingerprint density at radius 3 is 3.14 bits per heavy atom. The monoisotopic (exact) mass is 198 g/mol. The molecule has 0 aliphatic rings. The molecule has 0 aliphatic heterocycles. The molecule has 5 heteroatoms. The van der Waals surface area contributed by atoms with E-state index in [2.05, 4.69) is 22.6 Å². The van der Waals surface area contributed by atoms with Gasteiger partial charge in [0.25, 0.3) is 0 Å². The number of hydrogen-bond donors (Lipinski definition) is 1. The predicted molar refractivity (Wildman–Crippen MR) is 53.9 cm³/mol. The van der Waals surface area contributed by atoms with Crippen LogP contribution in [-0.2, 0) is 17.8 Å². The number of ether oxygens (including phenoxy) is 1. The quantitative estimate of drug-likeness (QED) is 0.645. The normalized spacial score (nSPS) is 10.7. The minimum atomic E-state index is 0.766. The van der Waals surface area contributed by atoms with Crippen molar-refractivity contribution >= 4 is 0 Å². The van der Waals surface area contributed by atoms with Crippen molar-refractivity contribution < 1.29 is 4.74 Å². The van der Waals surface area contributed by atoms with Crippen LogP contribution < -0.4 is 5.32 Å². The lowest BCUT2D eigenvalue weighted by molar-refractivity contribution is 0.188. The topological polar surface area (TPSA) is 52.0 Å². The van der Waals surface area contributed by atoms with Crippen molar-refractivity contribution in [3.63, 3.8) is 0 Å². The third-order valence-corrected chi connectivity index (χ3v) is 1.88. The van der Waals surface area contributed by atoms with Crippen molar-refractivity contribution in [2.45, 2.75) is 26.4 Å². The molecule has 0 fully saturated rings. The van der Waals surface area contributed by atoms with Crippen LogP contribution in [-0.4, -0.2) is 35.3 Å². The molecule has 0 bridgehead atoms. The first-order chi connectivity index (χ1) is 6.86. The standard InChI is InChI=1S/C9H18N4O/c1-3-10-7-9-8-13(12-11-9)5-4-6-14-2/h8,10H,3-7H2,1-2H3. The number of aryl methyl sites for hydroxylation is 1. The first kappa shape index (κ1) is 11.1. The van der Waals surface area contributed by atoms with Crippen LogP contribution in [0.1, 0.15) is 19.0 Å². The van der Waals surface area contributed by atoms with Crippen LogP contribution in [0.5, 0.6) is 0 Å². The highest BCUT2D eigenvalue weighted by Crippen LogP contribution is 1.94. The number of hydrogen-bond acceptors (Lipinski definition) is 4. The summed E-state index contributed by atoms with van der Waals surface area (Å²) in [5, 5.41) is 11.3. The van der Waals surface area contributed by atoms with E-state index in [4.69, 9.17) is 4.74 Å². The SMILES string of the molecule is CCNCc1cn(CCCOC)nn1. The van der Waals surface area contributed by atoms with Crippen LogP contribution in [0.3, 0.4) is 0 Å². The molecule has 0 aliphatic carbocycles. The van der Waals surface area contributed by atoms with Gasteiger partial charge in [-0.15, -0.1) is 5.10 Å². The summed E-state index contributed by atoms with van der Waals surface area (Å²) in [6.45, 7) is 5.45. The van der Waals surface area contributed by atoms with Gasteiger partial charge in [0.1, 0.15) is 0 Å². The summed E-state index contributed by atoms with van der Waals surface area (Å²) in [6.07, 6.45) is 2.94. The Morgan fingerprint density at radius 1 is 1.57 bits per heavy atom. The summed E-state index contributed by atoms with van der Waals surface area (Å²) in [5.41, 5.74) is 0.990. The molecule has 14 heavy (non-hydrogen) atoms. The average molecular weight is 198 g/mol. The Bertz CT molecular complexity index is 249. The predicted octanol–water partition coefficient (Wildman–Crippen LogP) is 0.424. The van der Waals surface area contributed by atoms with E-state index in [-0.39, 0.29) is 0 Å². The van der Waals surface area contributed by atoms with Crippen molar-refractivity contribution in [3.8, 4) is 0 Å². The highest BCUT2D eigenvalue weighted by atomic mass is 16.5. The van der Waals surface area contributed by atoms with Crippen molar-refractivity contribution in [2.24, 2.45) is 0 Å². The second-order valence-electron chi connectivity index (χ2n) is 3.10. The van der Waals surface area contributed by atoms with Gasteiger partial charge in [0.2, 0.25) is 0 Å². The van der Waals surface area contributed by atoms with Gasteiger partial charge in [0.05, 0.1) is 5.69 Å². The van der Waals surface area contributed by atoms with Crippen LogP contribution in [0.25, 0.3) is 0 Å². The van der Waals surface area contributed by atoms with Crippen LogP contribution in [0, 0.1) is 0 Å². The van der Waals surface area contributed by atoms with E-state index >= 15 is 0 Å². The fraction of sp³-hybridized carbons (Fsp3) is 0.778. The molecule has 1 aromatic heterocycles. The minimum absolute atomic E-state index is 0.766. The van der Waals surface area contributed by atoms with Gasteiger partial charge in [-0.2, -0.15) is 0 Å². The fourth-order valence-corrected chi connectivity index (χ4v) is 1.15. The van der Waals surface area contributed by atoms with Gasteiger partial charge >= 0.3 is 0 Å². The van der Waals surface area contributed by atoms with E-state index in [0.717, 1.165) is 38.4 Å². The Labute approximate surface area is 84.4 Å². The van der Waals surface area contributed by atoms with E-state index in [0.29, 0.717) is 0 Å². The maximum Gasteiger partial charge on any atom is 0.0964 e. The largest absolute Gasteiger partial charge is 0.385 e. The fourth-order valence-electron chi connectivity index (χ4n) is 1.15. The summed E-state index contributed by atoms with van der Waals surface area (Å²) in [4.78, 5) is 0. The molecule has 1 rings (SSSR count). The summed E-state index contributed by atoms with van der Waals surface area (Å²) in [6, 6.07) is 0. The van der Waals surface area contributed by atoms with E-state index in [9.17, 15) is 0 Å². The molecule has 1 N–H and O–H groups in total. The Kier molecular flexibility index (Phi) is 5.17. The van der Waals surface area contributed by atoms with Gasteiger partial charge < -0.3 is 10.1 Å². The maximum atomic E-state index is 4.96. The lowest BCUT2D eigenvalue weighted by Gasteiger charge is -1.98. The van der Waals surface area contributed by atoms with Gasteiger partial charge in [0, 0.05) is 33.0 Å². The third kappa shape index (κ3) is 3.85. The molecule has 1 heterocycles. The molecule has 0 saturated carbocycles. The number of nitrogens with zero attached hydrogens (tertiary/aromatic N) is 3. The first-order valence-corrected chi connectivity index (χ1v) is 4.95. The Morgan fingerprint density at radius 2 is 2.43 bits per heavy atom. The second-order valence-corrected chi connectivity index (χ2v) is 3.10. The van der Waals surface area contributed by atoms with Gasteiger partial charge in [0.15, 0.2) is 0 Å². The molecular formula is C9H18N4O. The number of nitrogens with one attached hydrogen (secondary N) is 1. The molecule has 0 saturated heterocycles. The van der Waals surface area contributed by atoms with E-state index in [1.807, 2.05) is 10.9 Å². The number of aromatic nitrogens is 3. The number of rotatable bonds is 7. The van der Waals surface area contributed by atoms with Crippen molar-refractivity contribution in [3.05, 3.63) is 11.9 Å². The molecule has 0 radical (unpaired) electrons. The van der Waals surface area contributed by atoms with E-state index in [1.54, 1.807) is 7.11 Å². The van der Waals surface area contributed by atoms with Crippen LogP contribution >= 0.6 is 0 Å². The van der Waals surface area contributed by atoms with E-state index in [1.165, 1.54) is 0 Å². The van der Waals surface area contributed by atoms with Crippen LogP contribution in [0.4, 0.5) is 0 Å². The van der Waals surface area contributed by atoms with Crippen molar-refractivity contribution in [1.82, 2.24) is 20.3 Å². The first-order valence-electron chi connectivity index (χ1n) is 4.95. The van der Waals surface area contributed by atoms with Crippen molar-refractivity contribution in [1.29, 1.82) is 0 Å². The molecule has 0 unspecified atom stereocenters. The minimum Gasteiger partial charge on any atom is -0.385 e. The lowest BCUT2D eigenvalue weighted by atomic mass is 10.4. The molecule has 0 aromatic carbocycles. The smallest absolute Gasteiger partial charge is 0.0964 e. The molecule has 5 nitrogen and oxygen atoms in total. The van der Waals surface area contributed by atoms with Gasteiger partial charge in [-0.3, -0.25) is 4.68 Å². The summed E-state index contributed by atoms with van der Waals surface area (Å²) in [7, 11) is 1.71. The molecule has 1 aromatic rings. The Balaban J connectivity index is 2.27. The highest BCUT2D eigenvalue weighted by Gasteiger charge is 1.98. The average Bonchev–Trinajstić information content (AvgIpc) is 2.63. The summed E-state index contributed by atoms with van der Waals surface area (Å²) in [5.74, 6) is 0. The van der Waals surface area contributed by atoms with Gasteiger partial charge in [-0.05, 0) is 13.0 Å². The molecule has 0 atom stereocenters. The zero-order valence-corrected chi connectivity index (χ0v) is 8.86. The maximum absolute atomic E-state index is 4.96. The van der Waals surface area contributed by atoms with Crippen LogP contribution in [0.2, 0.25) is 0 Å². The van der Waals surface area contributed by atoms with E-state index < -0.39 is 0 Å². The zero-order chi connectivity index (χ0) is 10.2. The van der Waals surface area contributed by atoms with Crippen molar-refractivity contribution in [2.75, 3.05) is 20.3 Å². The summed E-state index contributed by atoms with van der Waals surface area (Å²) >= 11 is 0. The number of methoxy groups -OCH3 is 1. The highest BCUT2D eigenvalue weighted by molar-refractivity contribution is 4.91.